The van der Waals surface area contributed by atoms with Gasteiger partial charge in [-0.2, -0.15) is 0 Å². The van der Waals surface area contributed by atoms with E-state index in [1.807, 2.05) is 4.98 Å². The smallest absolute Gasteiger partial charge is 0.372 e. The average molecular weight is 647 g/mol. The number of hydrogen-bond acceptors (Lipinski definition) is 12. The standard InChI is InChI=1S/C13H10FN3O5.C7H8FN.C7H6N2O6/c14-7-3-1-6(2-4-7)5-15-11(19)8-9(18)12(20)17-10(16-8)13(21)22;8-7-3-1-6(5-9)2-4-7;1-15-7(14)2-3(10)5(11)9-4(8-2)6(12)13/h1-4,18H,5H2,(H,15,19)(H,21,22)(H,16,17,20);1-4H,5,9H2;10H,1H3,(H,12,13)(H,8,9,11). The molecule has 17 nitrogen and oxygen atoms in total. The number of halogens is 2. The van der Waals surface area contributed by atoms with Gasteiger partial charge in [0, 0.05) is 13.1 Å². The molecule has 0 aliphatic carbocycles. The number of ether oxygens (including phenoxy) is 1. The molecule has 0 radical (unpaired) electrons. The van der Waals surface area contributed by atoms with Crippen molar-refractivity contribution in [2.45, 2.75) is 13.1 Å². The number of nitrogens with one attached hydrogen (secondary N) is 3. The zero-order chi connectivity index (χ0) is 34.6. The van der Waals surface area contributed by atoms with E-state index in [2.05, 4.69) is 20.0 Å². The first-order valence-electron chi connectivity index (χ1n) is 12.4. The first kappa shape index (κ1) is 35.7. The third kappa shape index (κ3) is 10.1. The van der Waals surface area contributed by atoms with Gasteiger partial charge in [0.25, 0.3) is 17.0 Å². The second-order valence-electron chi connectivity index (χ2n) is 8.47. The molecule has 0 spiro atoms. The van der Waals surface area contributed by atoms with Crippen LogP contribution in [0.3, 0.4) is 0 Å². The Morgan fingerprint density at radius 2 is 1.20 bits per heavy atom. The van der Waals surface area contributed by atoms with Gasteiger partial charge in [0.1, 0.15) is 11.6 Å². The molecule has 0 aliphatic rings. The zero-order valence-electron chi connectivity index (χ0n) is 23.4. The van der Waals surface area contributed by atoms with E-state index in [1.165, 1.54) is 36.4 Å². The van der Waals surface area contributed by atoms with Crippen LogP contribution in [0.15, 0.2) is 58.1 Å². The lowest BCUT2D eigenvalue weighted by Gasteiger charge is -2.06. The van der Waals surface area contributed by atoms with Gasteiger partial charge in [-0.3, -0.25) is 24.4 Å². The van der Waals surface area contributed by atoms with Crippen molar-refractivity contribution in [1.29, 1.82) is 0 Å². The highest BCUT2D eigenvalue weighted by molar-refractivity contribution is 5.96. The van der Waals surface area contributed by atoms with Crippen LogP contribution in [-0.2, 0) is 17.8 Å². The fraction of sp³-hybridized carbons (Fsp3) is 0.111. The highest BCUT2D eigenvalue weighted by Gasteiger charge is 2.21. The number of methoxy groups -OCH3 is 1. The van der Waals surface area contributed by atoms with Crippen LogP contribution in [0.4, 0.5) is 8.78 Å². The van der Waals surface area contributed by atoms with Crippen LogP contribution >= 0.6 is 0 Å². The molecule has 0 bridgehead atoms. The van der Waals surface area contributed by atoms with Crippen molar-refractivity contribution in [3.8, 4) is 11.5 Å². The number of aromatic amines is 2. The van der Waals surface area contributed by atoms with Crippen molar-refractivity contribution < 1.29 is 53.1 Å². The lowest BCUT2D eigenvalue weighted by Crippen LogP contribution is -2.28. The minimum atomic E-state index is -1.55. The Labute approximate surface area is 255 Å². The highest BCUT2D eigenvalue weighted by Crippen LogP contribution is 2.10. The first-order chi connectivity index (χ1) is 21.7. The van der Waals surface area contributed by atoms with Crippen molar-refractivity contribution in [1.82, 2.24) is 25.3 Å². The third-order valence-electron chi connectivity index (χ3n) is 5.30. The molecule has 19 heteroatoms. The Morgan fingerprint density at radius 3 is 1.61 bits per heavy atom. The molecule has 2 aromatic carbocycles. The highest BCUT2D eigenvalue weighted by atomic mass is 19.1. The molecule has 1 amide bonds. The van der Waals surface area contributed by atoms with Crippen molar-refractivity contribution in [3.63, 3.8) is 0 Å². The van der Waals surface area contributed by atoms with Gasteiger partial charge < -0.3 is 36.2 Å². The lowest BCUT2D eigenvalue weighted by atomic mass is 10.2. The van der Waals surface area contributed by atoms with Gasteiger partial charge in [0.15, 0.2) is 11.4 Å². The Kier molecular flexibility index (Phi) is 12.7. The van der Waals surface area contributed by atoms with Crippen LogP contribution in [0.25, 0.3) is 0 Å². The number of hydrogen-bond donors (Lipinski definition) is 8. The molecule has 242 valence electrons. The van der Waals surface area contributed by atoms with Crippen LogP contribution in [-0.4, -0.2) is 71.3 Å². The predicted octanol–water partition coefficient (Wildman–Crippen LogP) is 0.487. The summed E-state index contributed by atoms with van der Waals surface area (Å²) >= 11 is 0. The number of nitrogens with two attached hydrogens (primary N) is 1. The minimum Gasteiger partial charge on any atom is -0.501 e. The van der Waals surface area contributed by atoms with Crippen LogP contribution in [0.1, 0.15) is 53.3 Å². The Hall–Kier alpha value is -6.50. The third-order valence-corrected chi connectivity index (χ3v) is 5.30. The maximum atomic E-state index is 12.7. The maximum Gasteiger partial charge on any atom is 0.372 e. The number of carboxylic acids is 2. The lowest BCUT2D eigenvalue weighted by molar-refractivity contribution is 0.0587. The van der Waals surface area contributed by atoms with Gasteiger partial charge in [0.05, 0.1) is 7.11 Å². The van der Waals surface area contributed by atoms with E-state index in [1.54, 1.807) is 17.1 Å². The number of aromatic carboxylic acids is 2. The van der Waals surface area contributed by atoms with E-state index in [9.17, 15) is 42.7 Å². The number of aromatic nitrogens is 4. The van der Waals surface area contributed by atoms with Gasteiger partial charge in [-0.25, -0.2) is 33.1 Å². The molecular formula is C27H24F2N6O11. The molecule has 2 aromatic heterocycles. The van der Waals surface area contributed by atoms with Gasteiger partial charge in [-0.05, 0) is 35.4 Å². The number of carbonyl (C=O) groups excluding carboxylic acids is 2. The SMILES string of the molecule is COC(=O)c1nc(C(=O)O)[nH]c(=O)c1O.NCc1ccc(F)cc1.O=C(O)c1nc(C(=O)NCc2ccc(F)cc2)c(O)c(=O)[nH]1. The number of esters is 1. The molecule has 0 saturated heterocycles. The predicted molar refractivity (Wildman–Crippen MR) is 150 cm³/mol. The van der Waals surface area contributed by atoms with Gasteiger partial charge in [0.2, 0.25) is 23.1 Å². The number of rotatable bonds is 7. The molecule has 2 heterocycles. The van der Waals surface area contributed by atoms with E-state index < -0.39 is 75.3 Å². The molecule has 4 rings (SSSR count). The minimum absolute atomic E-state index is 0.0184. The van der Waals surface area contributed by atoms with E-state index in [-0.39, 0.29) is 12.4 Å². The van der Waals surface area contributed by atoms with Gasteiger partial charge >= 0.3 is 17.9 Å². The molecule has 0 unspecified atom stereocenters. The number of aromatic hydroxyl groups is 2. The summed E-state index contributed by atoms with van der Waals surface area (Å²) in [7, 11) is 1.01. The largest absolute Gasteiger partial charge is 0.501 e. The van der Waals surface area contributed by atoms with Gasteiger partial charge in [-0.1, -0.05) is 24.3 Å². The summed E-state index contributed by atoms with van der Waals surface area (Å²) in [6, 6.07) is 11.4. The summed E-state index contributed by atoms with van der Waals surface area (Å²) in [4.78, 5) is 76.6. The molecule has 0 aliphatic heterocycles. The summed E-state index contributed by atoms with van der Waals surface area (Å²) in [6.45, 7) is 0.454. The van der Waals surface area contributed by atoms with E-state index in [0.717, 1.165) is 12.7 Å². The summed E-state index contributed by atoms with van der Waals surface area (Å²) in [5, 5.41) is 38.2. The first-order valence-corrected chi connectivity index (χ1v) is 12.4. The summed E-state index contributed by atoms with van der Waals surface area (Å²) < 4.78 is 29.1. The average Bonchev–Trinajstić information content (AvgIpc) is 3.03. The second kappa shape index (κ2) is 16.4. The summed E-state index contributed by atoms with van der Waals surface area (Å²) in [6.07, 6.45) is 0. The summed E-state index contributed by atoms with van der Waals surface area (Å²) in [5.74, 6) is -9.25. The molecule has 4 aromatic rings. The van der Waals surface area contributed by atoms with Crippen LogP contribution < -0.4 is 22.2 Å². The molecule has 0 saturated carbocycles. The number of carboxylic acid groups (broad SMARTS) is 2. The van der Waals surface area contributed by atoms with Crippen LogP contribution in [0, 0.1) is 11.6 Å². The van der Waals surface area contributed by atoms with Crippen molar-refractivity contribution in [2.75, 3.05) is 7.11 Å². The van der Waals surface area contributed by atoms with Gasteiger partial charge in [-0.15, -0.1) is 0 Å². The maximum absolute atomic E-state index is 12.7. The van der Waals surface area contributed by atoms with Crippen LogP contribution in [0.5, 0.6) is 11.5 Å². The quantitative estimate of drug-likeness (QED) is 0.127. The van der Waals surface area contributed by atoms with E-state index in [4.69, 9.17) is 21.1 Å². The number of carbonyl (C=O) groups is 4. The molecule has 46 heavy (non-hydrogen) atoms. The van der Waals surface area contributed by atoms with Crippen LogP contribution in [0.2, 0.25) is 0 Å². The fourth-order valence-corrected chi connectivity index (χ4v) is 3.02. The monoisotopic (exact) mass is 646 g/mol. The number of amides is 1. The van der Waals surface area contributed by atoms with E-state index >= 15 is 0 Å². The topological polar surface area (TPSA) is 288 Å². The second-order valence-corrected chi connectivity index (χ2v) is 8.47. The molecule has 0 fully saturated rings. The van der Waals surface area contributed by atoms with E-state index in [0.29, 0.717) is 12.1 Å². The Morgan fingerprint density at radius 1 is 0.783 bits per heavy atom. The number of H-pyrrole nitrogens is 2. The van der Waals surface area contributed by atoms with Crippen molar-refractivity contribution >= 4 is 23.8 Å². The Bertz CT molecular complexity index is 1840. The molecule has 9 N–H and O–H groups in total. The normalized spacial score (nSPS) is 9.91. The molecule has 0 atom stereocenters. The zero-order valence-corrected chi connectivity index (χ0v) is 23.4. The summed E-state index contributed by atoms with van der Waals surface area (Å²) in [5.41, 5.74) is 3.10. The molecular weight excluding hydrogens is 622 g/mol. The number of nitrogens with zero attached hydrogens (tertiary/aromatic N) is 2. The fourth-order valence-electron chi connectivity index (χ4n) is 3.02. The Balaban J connectivity index is 0.000000264. The number of benzene rings is 2. The van der Waals surface area contributed by atoms with Crippen molar-refractivity contribution in [2.24, 2.45) is 5.73 Å². The van der Waals surface area contributed by atoms with Crippen molar-refractivity contribution in [3.05, 3.63) is 115 Å².